The van der Waals surface area contributed by atoms with Crippen molar-refractivity contribution >= 4 is 16.5 Å². The monoisotopic (exact) mass is 299 g/mol. The molecule has 2 aromatic heterocycles. The molecular formula is C20H17N3. The highest BCUT2D eigenvalue weighted by molar-refractivity contribution is 5.80. The number of pyridine rings is 1. The van der Waals surface area contributed by atoms with Crippen LogP contribution in [0.4, 0.5) is 0 Å². The molecule has 23 heavy (non-hydrogen) atoms. The Kier molecular flexibility index (Phi) is 4.11. The molecule has 0 unspecified atom stereocenters. The lowest BCUT2D eigenvalue weighted by molar-refractivity contribution is 1.16. The maximum absolute atomic E-state index is 4.69. The summed E-state index contributed by atoms with van der Waals surface area (Å²) in [5, 5.41) is 1.02. The van der Waals surface area contributed by atoms with Crippen molar-refractivity contribution in [1.29, 1.82) is 0 Å². The van der Waals surface area contributed by atoms with Crippen LogP contribution in [0.2, 0.25) is 0 Å². The molecule has 0 aliphatic carbocycles. The fourth-order valence-corrected chi connectivity index (χ4v) is 2.37. The number of allylic oxidation sites excluding steroid dienone is 4. The van der Waals surface area contributed by atoms with Gasteiger partial charge >= 0.3 is 0 Å². The molecule has 3 aromatic rings. The van der Waals surface area contributed by atoms with Gasteiger partial charge in [0, 0.05) is 17.2 Å². The van der Waals surface area contributed by atoms with Gasteiger partial charge in [-0.25, -0.2) is 15.0 Å². The minimum absolute atomic E-state index is 0.616. The van der Waals surface area contributed by atoms with Crippen LogP contribution in [-0.4, -0.2) is 15.0 Å². The third-order valence-electron chi connectivity index (χ3n) is 3.49. The van der Waals surface area contributed by atoms with Crippen LogP contribution in [0.15, 0.2) is 79.5 Å². The third kappa shape index (κ3) is 3.09. The Morgan fingerprint density at radius 3 is 2.65 bits per heavy atom. The molecule has 3 heteroatoms. The summed E-state index contributed by atoms with van der Waals surface area (Å²) in [5.74, 6) is 0.616. The second-order valence-electron chi connectivity index (χ2n) is 5.26. The Bertz CT molecular complexity index is 923. The number of nitrogens with zero attached hydrogens (tertiary/aromatic N) is 3. The predicted molar refractivity (Wildman–Crippen MR) is 95.8 cm³/mol. The van der Waals surface area contributed by atoms with Crippen molar-refractivity contribution in [2.24, 2.45) is 0 Å². The van der Waals surface area contributed by atoms with Crippen molar-refractivity contribution in [1.82, 2.24) is 15.0 Å². The molecule has 0 saturated carbocycles. The van der Waals surface area contributed by atoms with Gasteiger partial charge in [-0.1, -0.05) is 49.6 Å². The smallest absolute Gasteiger partial charge is 0.178 e. The van der Waals surface area contributed by atoms with Crippen LogP contribution in [0, 0.1) is 0 Å². The summed E-state index contributed by atoms with van der Waals surface area (Å²) in [6, 6.07) is 13.7. The van der Waals surface area contributed by atoms with Crippen LogP contribution in [0.1, 0.15) is 12.6 Å². The minimum atomic E-state index is 0.616. The quantitative estimate of drug-likeness (QED) is 0.647. The molecule has 0 bridgehead atoms. The average Bonchev–Trinajstić information content (AvgIpc) is 2.59. The van der Waals surface area contributed by atoms with Crippen molar-refractivity contribution in [3.05, 3.63) is 85.2 Å². The Balaban J connectivity index is 2.09. The Hall–Kier alpha value is -3.07. The number of fused-ring (bicyclic) bond motifs is 1. The molecule has 0 aliphatic heterocycles. The van der Waals surface area contributed by atoms with Gasteiger partial charge in [0.05, 0.1) is 11.2 Å². The summed E-state index contributed by atoms with van der Waals surface area (Å²) in [4.78, 5) is 13.7. The van der Waals surface area contributed by atoms with E-state index in [0.29, 0.717) is 5.82 Å². The number of benzene rings is 1. The molecule has 112 valence electrons. The van der Waals surface area contributed by atoms with Crippen molar-refractivity contribution in [2.75, 3.05) is 0 Å². The van der Waals surface area contributed by atoms with Crippen molar-refractivity contribution < 1.29 is 0 Å². The third-order valence-corrected chi connectivity index (χ3v) is 3.49. The van der Waals surface area contributed by atoms with Crippen LogP contribution in [0.25, 0.3) is 28.0 Å². The maximum atomic E-state index is 4.69. The fourth-order valence-electron chi connectivity index (χ4n) is 2.37. The SMILES string of the molecule is C=C/C=C(\C(=C)C)c1cccc(-c2ncc3ccccc3n2)n1. The number of para-hydroxylation sites is 1. The summed E-state index contributed by atoms with van der Waals surface area (Å²) in [6.07, 6.45) is 5.48. The number of aromatic nitrogens is 3. The second-order valence-corrected chi connectivity index (χ2v) is 5.26. The maximum Gasteiger partial charge on any atom is 0.178 e. The van der Waals surface area contributed by atoms with E-state index in [2.05, 4.69) is 28.1 Å². The summed E-state index contributed by atoms with van der Waals surface area (Å²) in [6.45, 7) is 9.71. The standard InChI is InChI=1S/C20H17N3/c1-4-8-16(14(2)3)18-11-7-12-19(22-18)20-21-13-15-9-5-6-10-17(15)23-20/h4-13H,1-2H2,3H3/b16-8+. The van der Waals surface area contributed by atoms with Crippen LogP contribution < -0.4 is 0 Å². The predicted octanol–water partition coefficient (Wildman–Crippen LogP) is 4.84. The van der Waals surface area contributed by atoms with E-state index in [1.807, 2.05) is 61.7 Å². The highest BCUT2D eigenvalue weighted by Crippen LogP contribution is 2.23. The van der Waals surface area contributed by atoms with Gasteiger partial charge in [-0.3, -0.25) is 0 Å². The van der Waals surface area contributed by atoms with Crippen LogP contribution in [0.3, 0.4) is 0 Å². The topological polar surface area (TPSA) is 38.7 Å². The zero-order valence-corrected chi connectivity index (χ0v) is 13.0. The van der Waals surface area contributed by atoms with Crippen molar-refractivity contribution in [3.63, 3.8) is 0 Å². The van der Waals surface area contributed by atoms with E-state index in [1.165, 1.54) is 0 Å². The number of rotatable bonds is 4. The highest BCUT2D eigenvalue weighted by Gasteiger charge is 2.08. The average molecular weight is 299 g/mol. The first kappa shape index (κ1) is 14.9. The second kappa shape index (κ2) is 6.36. The van der Waals surface area contributed by atoms with Crippen LogP contribution in [0.5, 0.6) is 0 Å². The molecule has 0 N–H and O–H groups in total. The van der Waals surface area contributed by atoms with Gasteiger partial charge < -0.3 is 0 Å². The summed E-state index contributed by atoms with van der Waals surface area (Å²) in [7, 11) is 0. The molecular weight excluding hydrogens is 282 g/mol. The van der Waals surface area contributed by atoms with Crippen molar-refractivity contribution in [2.45, 2.75) is 6.92 Å². The zero-order valence-electron chi connectivity index (χ0n) is 13.0. The normalized spacial score (nSPS) is 11.4. The molecule has 0 spiro atoms. The van der Waals surface area contributed by atoms with Gasteiger partial charge in [-0.2, -0.15) is 0 Å². The molecule has 1 aromatic carbocycles. The van der Waals surface area contributed by atoms with Gasteiger partial charge in [0.15, 0.2) is 5.82 Å². The van der Waals surface area contributed by atoms with Crippen LogP contribution >= 0.6 is 0 Å². The Morgan fingerprint density at radius 1 is 1.04 bits per heavy atom. The van der Waals surface area contributed by atoms with Gasteiger partial charge in [0.25, 0.3) is 0 Å². The minimum Gasteiger partial charge on any atom is -0.244 e. The molecule has 0 saturated heterocycles. The van der Waals surface area contributed by atoms with Crippen LogP contribution in [-0.2, 0) is 0 Å². The molecule has 0 aliphatic rings. The van der Waals surface area contributed by atoms with Gasteiger partial charge in [-0.15, -0.1) is 0 Å². The van der Waals surface area contributed by atoms with E-state index < -0.39 is 0 Å². The van der Waals surface area contributed by atoms with Gasteiger partial charge in [0.1, 0.15) is 5.69 Å². The first-order valence-electron chi connectivity index (χ1n) is 7.37. The number of hydrogen-bond donors (Lipinski definition) is 0. The largest absolute Gasteiger partial charge is 0.244 e. The molecule has 3 rings (SSSR count). The lowest BCUT2D eigenvalue weighted by Crippen LogP contribution is -1.96. The van der Waals surface area contributed by atoms with E-state index in [0.717, 1.165) is 33.4 Å². The number of hydrogen-bond acceptors (Lipinski definition) is 3. The van der Waals surface area contributed by atoms with E-state index in [9.17, 15) is 0 Å². The van der Waals surface area contributed by atoms with E-state index in [4.69, 9.17) is 0 Å². The molecule has 0 radical (unpaired) electrons. The summed E-state index contributed by atoms with van der Waals surface area (Å²) < 4.78 is 0. The Labute approximate surface area is 135 Å². The lowest BCUT2D eigenvalue weighted by atomic mass is 10.0. The highest BCUT2D eigenvalue weighted by atomic mass is 14.9. The van der Waals surface area contributed by atoms with Gasteiger partial charge in [-0.05, 0) is 30.7 Å². The molecule has 2 heterocycles. The van der Waals surface area contributed by atoms with E-state index >= 15 is 0 Å². The first-order valence-corrected chi connectivity index (χ1v) is 7.37. The van der Waals surface area contributed by atoms with Crippen molar-refractivity contribution in [3.8, 4) is 11.5 Å². The van der Waals surface area contributed by atoms with E-state index in [1.54, 1.807) is 6.08 Å². The molecule has 0 fully saturated rings. The fraction of sp³-hybridized carbons (Fsp3) is 0.0500. The zero-order chi connectivity index (χ0) is 16.2. The lowest BCUT2D eigenvalue weighted by Gasteiger charge is -2.08. The van der Waals surface area contributed by atoms with E-state index in [-0.39, 0.29) is 0 Å². The molecule has 0 atom stereocenters. The summed E-state index contributed by atoms with van der Waals surface area (Å²) in [5.41, 5.74) is 4.39. The Morgan fingerprint density at radius 2 is 1.87 bits per heavy atom. The molecule has 3 nitrogen and oxygen atoms in total. The first-order chi connectivity index (χ1) is 11.2. The van der Waals surface area contributed by atoms with Gasteiger partial charge in [0.2, 0.25) is 0 Å². The summed E-state index contributed by atoms with van der Waals surface area (Å²) >= 11 is 0. The molecule has 0 amide bonds.